The lowest BCUT2D eigenvalue weighted by molar-refractivity contribution is -0.385. The van der Waals surface area contributed by atoms with Gasteiger partial charge in [-0.2, -0.15) is 0 Å². The molecule has 0 aliphatic rings. The van der Waals surface area contributed by atoms with Crippen LogP contribution in [0.25, 0.3) is 10.9 Å². The van der Waals surface area contributed by atoms with E-state index in [1.54, 1.807) is 33.9 Å². The molecule has 0 spiro atoms. The highest BCUT2D eigenvalue weighted by molar-refractivity contribution is 5.88. The Morgan fingerprint density at radius 2 is 1.78 bits per heavy atom. The van der Waals surface area contributed by atoms with Gasteiger partial charge in [0.05, 0.1) is 36.2 Å². The van der Waals surface area contributed by atoms with Crippen LogP contribution in [0.3, 0.4) is 0 Å². The van der Waals surface area contributed by atoms with Crippen molar-refractivity contribution in [2.24, 2.45) is 0 Å². The van der Waals surface area contributed by atoms with Crippen LogP contribution in [-0.2, 0) is 4.74 Å². The topological polar surface area (TPSA) is 113 Å². The fraction of sp³-hybridized carbons (Fsp3) is 0.333. The predicted molar refractivity (Wildman–Crippen MR) is 126 cm³/mol. The average Bonchev–Trinajstić information content (AvgIpc) is 2.79. The van der Waals surface area contributed by atoms with Crippen molar-refractivity contribution < 1.29 is 37.4 Å². The van der Waals surface area contributed by atoms with Gasteiger partial charge in [-0.1, -0.05) is 0 Å². The maximum absolute atomic E-state index is 14.4. The molecule has 2 aromatic carbocycles. The second kappa shape index (κ2) is 10.6. The van der Waals surface area contributed by atoms with E-state index >= 15 is 0 Å². The minimum absolute atomic E-state index is 0.0427. The molecule has 12 heteroatoms. The summed E-state index contributed by atoms with van der Waals surface area (Å²) in [5.74, 6) is -2.61. The number of likely N-dealkylation sites (N-methyl/N-ethyl adjacent to an activating group) is 1. The molecule has 0 saturated carbocycles. The fourth-order valence-corrected chi connectivity index (χ4v) is 3.07. The molecule has 3 rings (SSSR count). The van der Waals surface area contributed by atoms with Gasteiger partial charge in [0.15, 0.2) is 28.9 Å². The maximum Gasteiger partial charge on any atom is 0.410 e. The monoisotopic (exact) mass is 505 g/mol. The number of halogens is 2. The summed E-state index contributed by atoms with van der Waals surface area (Å²) in [7, 11) is 2.99. The number of hydrogen-bond acceptors (Lipinski definition) is 8. The number of rotatable bonds is 8. The number of carbonyl (C=O) groups excluding carboxylic acids is 1. The van der Waals surface area contributed by atoms with Crippen LogP contribution in [0.4, 0.5) is 19.3 Å². The minimum atomic E-state index is -1.23. The second-order valence-electron chi connectivity index (χ2n) is 8.68. The van der Waals surface area contributed by atoms with E-state index in [1.165, 1.54) is 30.3 Å². The Hall–Kier alpha value is -4.22. The Morgan fingerprint density at radius 1 is 1.11 bits per heavy atom. The number of non-ortho nitro benzene ring substituents is 1. The highest BCUT2D eigenvalue weighted by atomic mass is 19.1. The number of pyridine rings is 1. The first-order chi connectivity index (χ1) is 16.9. The molecular formula is C24H25F2N3O7. The van der Waals surface area contributed by atoms with Gasteiger partial charge in [-0.15, -0.1) is 0 Å². The van der Waals surface area contributed by atoms with Gasteiger partial charge in [0.1, 0.15) is 18.0 Å². The van der Waals surface area contributed by atoms with Crippen molar-refractivity contribution in [2.45, 2.75) is 26.4 Å². The van der Waals surface area contributed by atoms with Gasteiger partial charge in [0.2, 0.25) is 0 Å². The first-order valence-corrected chi connectivity index (χ1v) is 10.7. The van der Waals surface area contributed by atoms with E-state index < -0.39 is 39.7 Å². The molecule has 0 fully saturated rings. The van der Waals surface area contributed by atoms with Crippen molar-refractivity contribution in [3.8, 4) is 23.0 Å². The van der Waals surface area contributed by atoms with Gasteiger partial charge >= 0.3 is 6.09 Å². The summed E-state index contributed by atoms with van der Waals surface area (Å²) < 4.78 is 50.6. The summed E-state index contributed by atoms with van der Waals surface area (Å²) in [4.78, 5) is 27.6. The number of hydrogen-bond donors (Lipinski definition) is 0. The van der Waals surface area contributed by atoms with Crippen molar-refractivity contribution in [3.05, 3.63) is 58.3 Å². The molecule has 0 unspecified atom stereocenters. The van der Waals surface area contributed by atoms with E-state index in [0.717, 1.165) is 0 Å². The SMILES string of the molecule is COc1cc2c(Oc3c(F)cc([N+](=O)[O-])cc3F)ccnc2cc1OCCN(C)C(=O)OC(C)(C)C. The van der Waals surface area contributed by atoms with Crippen LogP contribution in [0.2, 0.25) is 0 Å². The smallest absolute Gasteiger partial charge is 0.410 e. The molecule has 0 aliphatic heterocycles. The second-order valence-corrected chi connectivity index (χ2v) is 8.68. The van der Waals surface area contributed by atoms with E-state index in [-0.39, 0.29) is 24.7 Å². The number of methoxy groups -OCH3 is 1. The highest BCUT2D eigenvalue weighted by Gasteiger charge is 2.22. The Kier molecular flexibility index (Phi) is 7.76. The first-order valence-electron chi connectivity index (χ1n) is 10.7. The van der Waals surface area contributed by atoms with Gasteiger partial charge < -0.3 is 23.8 Å². The molecule has 1 amide bonds. The number of nitro groups is 1. The zero-order valence-corrected chi connectivity index (χ0v) is 20.3. The Balaban J connectivity index is 1.82. The summed E-state index contributed by atoms with van der Waals surface area (Å²) in [5, 5.41) is 11.2. The third-order valence-corrected chi connectivity index (χ3v) is 4.78. The fourth-order valence-electron chi connectivity index (χ4n) is 3.07. The first kappa shape index (κ1) is 26.4. The van der Waals surface area contributed by atoms with E-state index in [0.29, 0.717) is 28.8 Å². The summed E-state index contributed by atoms with van der Waals surface area (Å²) >= 11 is 0. The van der Waals surface area contributed by atoms with Crippen molar-refractivity contribution in [1.82, 2.24) is 9.88 Å². The van der Waals surface area contributed by atoms with Gasteiger partial charge in [-0.05, 0) is 32.9 Å². The summed E-state index contributed by atoms with van der Waals surface area (Å²) in [6, 6.07) is 5.60. The number of nitro benzene ring substituents is 1. The normalized spacial score (nSPS) is 11.2. The van der Waals surface area contributed by atoms with Crippen LogP contribution in [0.1, 0.15) is 20.8 Å². The van der Waals surface area contributed by atoms with Crippen molar-refractivity contribution in [3.63, 3.8) is 0 Å². The summed E-state index contributed by atoms with van der Waals surface area (Å²) in [6.07, 6.45) is 0.872. The highest BCUT2D eigenvalue weighted by Crippen LogP contribution is 2.38. The largest absolute Gasteiger partial charge is 0.493 e. The summed E-state index contributed by atoms with van der Waals surface area (Å²) in [6.45, 7) is 5.65. The third kappa shape index (κ3) is 6.26. The van der Waals surface area contributed by atoms with Gasteiger partial charge in [-0.3, -0.25) is 15.1 Å². The Morgan fingerprint density at radius 3 is 2.36 bits per heavy atom. The Bertz CT molecular complexity index is 1270. The molecule has 0 radical (unpaired) electrons. The molecule has 0 aliphatic carbocycles. The van der Waals surface area contributed by atoms with Gasteiger partial charge in [-0.25, -0.2) is 13.6 Å². The number of carbonyl (C=O) groups is 1. The maximum atomic E-state index is 14.4. The zero-order chi connectivity index (χ0) is 26.6. The van der Waals surface area contributed by atoms with E-state index in [9.17, 15) is 23.7 Å². The lowest BCUT2D eigenvalue weighted by Gasteiger charge is -2.24. The molecule has 36 heavy (non-hydrogen) atoms. The van der Waals surface area contributed by atoms with E-state index in [4.69, 9.17) is 18.9 Å². The molecule has 192 valence electrons. The van der Waals surface area contributed by atoms with Crippen LogP contribution in [0, 0.1) is 21.7 Å². The van der Waals surface area contributed by atoms with Crippen molar-refractivity contribution >= 4 is 22.7 Å². The molecule has 0 atom stereocenters. The van der Waals surface area contributed by atoms with Crippen LogP contribution in [-0.4, -0.2) is 53.8 Å². The van der Waals surface area contributed by atoms with Gasteiger partial charge in [0, 0.05) is 24.7 Å². The predicted octanol–water partition coefficient (Wildman–Crippen LogP) is 5.47. The average molecular weight is 505 g/mol. The molecule has 1 heterocycles. The molecule has 0 bridgehead atoms. The number of nitrogens with zero attached hydrogens (tertiary/aromatic N) is 3. The number of aromatic nitrogens is 1. The Labute approximate surface area is 205 Å². The van der Waals surface area contributed by atoms with Crippen LogP contribution in [0.5, 0.6) is 23.0 Å². The number of fused-ring (bicyclic) bond motifs is 1. The minimum Gasteiger partial charge on any atom is -0.493 e. The molecular weight excluding hydrogens is 480 g/mol. The standard InChI is InChI=1S/C24H25F2N3O7/c1-24(2,3)36-23(30)28(4)8-9-34-21-13-18-15(12-20(21)33-5)19(6-7-27-18)35-22-16(25)10-14(29(31)32)11-17(22)26/h6-7,10-13H,8-9H2,1-5H3. The number of amides is 1. The van der Waals surface area contributed by atoms with Crippen molar-refractivity contribution in [1.29, 1.82) is 0 Å². The molecule has 0 N–H and O–H groups in total. The van der Waals surface area contributed by atoms with Crippen molar-refractivity contribution in [2.75, 3.05) is 27.3 Å². The lowest BCUT2D eigenvalue weighted by atomic mass is 10.1. The third-order valence-electron chi connectivity index (χ3n) is 4.78. The number of ether oxygens (including phenoxy) is 4. The molecule has 0 saturated heterocycles. The van der Waals surface area contributed by atoms with Crippen LogP contribution < -0.4 is 14.2 Å². The molecule has 3 aromatic rings. The van der Waals surface area contributed by atoms with E-state index in [1.807, 2.05) is 0 Å². The summed E-state index contributed by atoms with van der Waals surface area (Å²) in [5.41, 5.74) is -0.997. The molecule has 1 aromatic heterocycles. The lowest BCUT2D eigenvalue weighted by Crippen LogP contribution is -2.36. The quantitative estimate of drug-likeness (QED) is 0.293. The number of benzene rings is 2. The molecule has 10 nitrogen and oxygen atoms in total. The van der Waals surface area contributed by atoms with Gasteiger partial charge in [0.25, 0.3) is 5.69 Å². The van der Waals surface area contributed by atoms with Crippen LogP contribution in [0.15, 0.2) is 36.5 Å². The van der Waals surface area contributed by atoms with E-state index in [2.05, 4.69) is 4.98 Å². The zero-order valence-electron chi connectivity index (χ0n) is 20.3. The van der Waals surface area contributed by atoms with Crippen LogP contribution >= 0.6 is 0 Å².